The van der Waals surface area contributed by atoms with Crippen molar-refractivity contribution in [2.45, 2.75) is 44.2 Å². The molecule has 2 fully saturated rings. The predicted molar refractivity (Wildman–Crippen MR) is 71.6 cm³/mol. The van der Waals surface area contributed by atoms with Crippen LogP contribution in [0.1, 0.15) is 32.6 Å². The number of terminal acetylenes is 1. The smallest absolute Gasteiger partial charge is 0.0691 e. The van der Waals surface area contributed by atoms with Gasteiger partial charge in [0.2, 0.25) is 0 Å². The highest BCUT2D eigenvalue weighted by Crippen LogP contribution is 2.35. The van der Waals surface area contributed by atoms with Gasteiger partial charge in [0.15, 0.2) is 0 Å². The molecule has 2 rings (SSSR count). The van der Waals surface area contributed by atoms with E-state index in [0.717, 1.165) is 19.3 Å². The fraction of sp³-hybridized carbons (Fsp3) is 0.857. The second-order valence-electron chi connectivity index (χ2n) is 5.55. The van der Waals surface area contributed by atoms with Gasteiger partial charge in [-0.1, -0.05) is 19.3 Å². The number of nitrogens with two attached hydrogens (primary N) is 1. The van der Waals surface area contributed by atoms with Crippen molar-refractivity contribution in [1.29, 1.82) is 0 Å². The molecule has 3 N–H and O–H groups in total. The lowest BCUT2D eigenvalue weighted by Crippen LogP contribution is -2.62. The molecule has 96 valence electrons. The summed E-state index contributed by atoms with van der Waals surface area (Å²) in [5.74, 6) is 3.58. The summed E-state index contributed by atoms with van der Waals surface area (Å²) in [5.41, 5.74) is 6.17. The second kappa shape index (κ2) is 5.39. The highest BCUT2D eigenvalue weighted by molar-refractivity contribution is 5.09. The van der Waals surface area contributed by atoms with Gasteiger partial charge in [-0.3, -0.25) is 5.32 Å². The van der Waals surface area contributed by atoms with Crippen LogP contribution < -0.4 is 11.1 Å². The summed E-state index contributed by atoms with van der Waals surface area (Å²) in [6, 6.07) is 0.190. The minimum atomic E-state index is 0.0964. The molecule has 2 aliphatic rings. The Kier molecular flexibility index (Phi) is 4.09. The van der Waals surface area contributed by atoms with E-state index >= 15 is 0 Å². The van der Waals surface area contributed by atoms with E-state index in [1.54, 1.807) is 0 Å². The predicted octanol–water partition coefficient (Wildman–Crippen LogP) is 0.801. The number of hydrogen-bond donors (Lipinski definition) is 2. The lowest BCUT2D eigenvalue weighted by molar-refractivity contribution is 0.129. The minimum absolute atomic E-state index is 0.0964. The molecule has 2 heterocycles. The Morgan fingerprint density at radius 3 is 3.06 bits per heavy atom. The van der Waals surface area contributed by atoms with Gasteiger partial charge in [0.1, 0.15) is 0 Å². The van der Waals surface area contributed by atoms with E-state index in [4.69, 9.17) is 12.2 Å². The monoisotopic (exact) mass is 235 g/mol. The molecule has 0 saturated carbocycles. The maximum atomic E-state index is 6.07. The number of fused-ring (bicyclic) bond motifs is 2. The number of nitrogens with zero attached hydrogens (tertiary/aromatic N) is 1. The van der Waals surface area contributed by atoms with Crippen LogP contribution in [-0.2, 0) is 0 Å². The van der Waals surface area contributed by atoms with Crippen LogP contribution in [0.2, 0.25) is 0 Å². The third-order valence-electron chi connectivity index (χ3n) is 4.53. The molecule has 4 unspecified atom stereocenters. The molecular weight excluding hydrogens is 210 g/mol. The summed E-state index contributed by atoms with van der Waals surface area (Å²) in [7, 11) is 0. The molecule has 0 spiro atoms. The third-order valence-corrected chi connectivity index (χ3v) is 4.53. The Bertz CT molecular complexity index is 296. The van der Waals surface area contributed by atoms with E-state index in [1.165, 1.54) is 26.1 Å². The van der Waals surface area contributed by atoms with Gasteiger partial charge in [-0.15, -0.1) is 6.42 Å². The topological polar surface area (TPSA) is 41.3 Å². The van der Waals surface area contributed by atoms with Gasteiger partial charge in [-0.2, -0.15) is 0 Å². The number of piperidine rings is 1. The van der Waals surface area contributed by atoms with E-state index in [9.17, 15) is 0 Å². The van der Waals surface area contributed by atoms with Gasteiger partial charge in [0.05, 0.1) is 6.04 Å². The molecule has 17 heavy (non-hydrogen) atoms. The maximum absolute atomic E-state index is 6.07. The summed E-state index contributed by atoms with van der Waals surface area (Å²) in [5, 5.41) is 3.71. The molecule has 0 aromatic heterocycles. The van der Waals surface area contributed by atoms with Crippen molar-refractivity contribution in [2.24, 2.45) is 11.7 Å². The summed E-state index contributed by atoms with van der Waals surface area (Å²) in [6.45, 7) is 6.51. The lowest BCUT2D eigenvalue weighted by Gasteiger charge is -2.44. The Labute approximate surface area is 105 Å². The van der Waals surface area contributed by atoms with Crippen LogP contribution in [0, 0.1) is 18.3 Å². The fourth-order valence-corrected chi connectivity index (χ4v) is 3.40. The standard InChI is InChI=1S/C14H25N3/c1-3-5-13(4-2)16-14(11-15)7-9-17-8-6-12(14)10-17/h2,12-13,16H,3,5-11,15H2,1H3. The third kappa shape index (κ3) is 2.49. The van der Waals surface area contributed by atoms with Crippen molar-refractivity contribution in [3.8, 4) is 12.3 Å². The van der Waals surface area contributed by atoms with E-state index in [2.05, 4.69) is 23.1 Å². The molecule has 0 amide bonds. The zero-order chi connectivity index (χ0) is 12.3. The van der Waals surface area contributed by atoms with Crippen molar-refractivity contribution in [1.82, 2.24) is 10.2 Å². The van der Waals surface area contributed by atoms with Gasteiger partial charge >= 0.3 is 0 Å². The van der Waals surface area contributed by atoms with Crippen LogP contribution >= 0.6 is 0 Å². The summed E-state index contributed by atoms with van der Waals surface area (Å²) < 4.78 is 0. The maximum Gasteiger partial charge on any atom is 0.0691 e. The number of rotatable bonds is 5. The molecule has 3 nitrogen and oxygen atoms in total. The average molecular weight is 235 g/mol. The molecule has 0 radical (unpaired) electrons. The van der Waals surface area contributed by atoms with Crippen molar-refractivity contribution in [2.75, 3.05) is 26.2 Å². The summed E-state index contributed by atoms with van der Waals surface area (Å²) in [6.07, 6.45) is 10.2. The Hall–Kier alpha value is -0.560. The van der Waals surface area contributed by atoms with E-state index in [1.807, 2.05) is 0 Å². The molecule has 2 aliphatic heterocycles. The van der Waals surface area contributed by atoms with Crippen LogP contribution in [0.25, 0.3) is 0 Å². The molecule has 0 aliphatic carbocycles. The molecule has 2 bridgehead atoms. The number of nitrogens with one attached hydrogen (secondary N) is 1. The molecule has 0 aromatic rings. The van der Waals surface area contributed by atoms with Crippen LogP contribution in [-0.4, -0.2) is 42.7 Å². The summed E-state index contributed by atoms with van der Waals surface area (Å²) in [4.78, 5) is 2.55. The second-order valence-corrected chi connectivity index (χ2v) is 5.55. The molecule has 4 atom stereocenters. The fourth-order valence-electron chi connectivity index (χ4n) is 3.40. The van der Waals surface area contributed by atoms with Crippen LogP contribution in [0.15, 0.2) is 0 Å². The zero-order valence-corrected chi connectivity index (χ0v) is 10.9. The largest absolute Gasteiger partial charge is 0.329 e. The first-order chi connectivity index (χ1) is 8.24. The van der Waals surface area contributed by atoms with Crippen molar-refractivity contribution < 1.29 is 0 Å². The van der Waals surface area contributed by atoms with Crippen molar-refractivity contribution in [3.05, 3.63) is 0 Å². The normalized spacial score (nSPS) is 37.7. The first kappa shape index (κ1) is 12.9. The minimum Gasteiger partial charge on any atom is -0.329 e. The average Bonchev–Trinajstić information content (AvgIpc) is 2.77. The quantitative estimate of drug-likeness (QED) is 0.693. The first-order valence-corrected chi connectivity index (χ1v) is 6.90. The van der Waals surface area contributed by atoms with Gasteiger partial charge in [-0.05, 0) is 38.3 Å². The highest BCUT2D eigenvalue weighted by atomic mass is 15.2. The van der Waals surface area contributed by atoms with E-state index in [-0.39, 0.29) is 11.6 Å². The van der Waals surface area contributed by atoms with Crippen LogP contribution in [0.3, 0.4) is 0 Å². The SMILES string of the molecule is C#CC(CCC)NC1(CN)CCN2CCC1C2. The number of hydrogen-bond acceptors (Lipinski definition) is 3. The van der Waals surface area contributed by atoms with Crippen molar-refractivity contribution >= 4 is 0 Å². The highest BCUT2D eigenvalue weighted by Gasteiger charge is 2.45. The molecule has 3 heteroatoms. The van der Waals surface area contributed by atoms with Crippen LogP contribution in [0.4, 0.5) is 0 Å². The van der Waals surface area contributed by atoms with Gasteiger partial charge in [0, 0.05) is 18.6 Å². The lowest BCUT2D eigenvalue weighted by atomic mass is 9.78. The Balaban J connectivity index is 2.06. The Morgan fingerprint density at radius 1 is 1.59 bits per heavy atom. The molecule has 0 aromatic carbocycles. The van der Waals surface area contributed by atoms with Crippen molar-refractivity contribution in [3.63, 3.8) is 0 Å². The Morgan fingerprint density at radius 2 is 2.41 bits per heavy atom. The van der Waals surface area contributed by atoms with E-state index in [0.29, 0.717) is 12.5 Å². The van der Waals surface area contributed by atoms with Crippen LogP contribution in [0.5, 0.6) is 0 Å². The van der Waals surface area contributed by atoms with Gasteiger partial charge in [-0.25, -0.2) is 0 Å². The molecular formula is C14H25N3. The molecule has 2 saturated heterocycles. The summed E-state index contributed by atoms with van der Waals surface area (Å²) >= 11 is 0. The van der Waals surface area contributed by atoms with Gasteiger partial charge < -0.3 is 10.6 Å². The first-order valence-electron chi connectivity index (χ1n) is 6.90. The van der Waals surface area contributed by atoms with Gasteiger partial charge in [0.25, 0.3) is 0 Å². The van der Waals surface area contributed by atoms with E-state index < -0.39 is 0 Å². The zero-order valence-electron chi connectivity index (χ0n) is 10.9.